The molecule has 2 aliphatic rings. The predicted molar refractivity (Wildman–Crippen MR) is 121 cm³/mol. The third kappa shape index (κ3) is 5.58. The molecule has 0 saturated carbocycles. The maximum Gasteiger partial charge on any atom is 0.573 e. The molecule has 0 aliphatic carbocycles. The first kappa shape index (κ1) is 26.2. The summed E-state index contributed by atoms with van der Waals surface area (Å²) in [5, 5.41) is 9.17. The van der Waals surface area contributed by atoms with Gasteiger partial charge in [-0.2, -0.15) is 0 Å². The highest BCUT2D eigenvalue weighted by Crippen LogP contribution is 2.43. The molecule has 1 unspecified atom stereocenters. The minimum absolute atomic E-state index is 0.0477. The maximum absolute atomic E-state index is 15.3. The number of nitrogens with zero attached hydrogens (tertiary/aromatic N) is 1. The van der Waals surface area contributed by atoms with E-state index >= 15 is 4.39 Å². The molecular weight excluding hydrogens is 485 g/mol. The number of likely N-dealkylation sites (tertiary alicyclic amines) is 1. The van der Waals surface area contributed by atoms with Gasteiger partial charge in [-0.25, -0.2) is 8.78 Å². The van der Waals surface area contributed by atoms with Crippen LogP contribution in [0.1, 0.15) is 55.8 Å². The molecule has 0 bridgehead atoms. The van der Waals surface area contributed by atoms with E-state index < -0.39 is 47.3 Å². The number of hydrogen-bond acceptors (Lipinski definition) is 4. The zero-order valence-electron chi connectivity index (χ0n) is 20.0. The van der Waals surface area contributed by atoms with Gasteiger partial charge in [-0.15, -0.1) is 13.2 Å². The quantitative estimate of drug-likeness (QED) is 0.477. The summed E-state index contributed by atoms with van der Waals surface area (Å²) in [7, 11) is 0. The summed E-state index contributed by atoms with van der Waals surface area (Å²) in [6.45, 7) is 4.12. The Hall–Kier alpha value is -2.88. The molecule has 196 valence electrons. The van der Waals surface area contributed by atoms with E-state index in [1.807, 2.05) is 4.90 Å². The zero-order chi connectivity index (χ0) is 26.3. The minimum atomic E-state index is -4.90. The largest absolute Gasteiger partial charge is 0.573 e. The molecule has 2 aliphatic heterocycles. The number of rotatable bonds is 6. The van der Waals surface area contributed by atoms with Crippen molar-refractivity contribution in [1.29, 1.82) is 0 Å². The molecule has 0 radical (unpaired) electrons. The highest BCUT2D eigenvalue weighted by Gasteiger charge is 2.42. The molecule has 2 aromatic carbocycles. The van der Waals surface area contributed by atoms with E-state index in [0.29, 0.717) is 38.8 Å². The fourth-order valence-corrected chi connectivity index (χ4v) is 5.08. The van der Waals surface area contributed by atoms with Crippen LogP contribution in [0, 0.1) is 17.6 Å². The summed E-state index contributed by atoms with van der Waals surface area (Å²) in [6.07, 6.45) is -2.56. The number of aryl methyl sites for hydroxylation is 1. The topological polar surface area (TPSA) is 59.0 Å². The summed E-state index contributed by atoms with van der Waals surface area (Å²) in [6, 6.07) is 5.80. The van der Waals surface area contributed by atoms with Gasteiger partial charge in [0.2, 0.25) is 0 Å². The number of fused-ring (bicyclic) bond motifs is 1. The zero-order valence-corrected chi connectivity index (χ0v) is 20.0. The number of piperidine rings is 1. The molecule has 5 nitrogen and oxygen atoms in total. The summed E-state index contributed by atoms with van der Waals surface area (Å²) in [5.74, 6) is -3.23. The van der Waals surface area contributed by atoms with E-state index in [9.17, 15) is 22.4 Å². The van der Waals surface area contributed by atoms with Crippen LogP contribution < -0.4 is 9.47 Å². The first-order chi connectivity index (χ1) is 16.9. The lowest BCUT2D eigenvalue weighted by Gasteiger charge is -2.46. The molecule has 2 aromatic rings. The normalized spacial score (nSPS) is 19.3. The van der Waals surface area contributed by atoms with Crippen molar-refractivity contribution in [1.82, 2.24) is 4.90 Å². The highest BCUT2D eigenvalue weighted by atomic mass is 19.4. The van der Waals surface area contributed by atoms with Gasteiger partial charge < -0.3 is 14.6 Å². The van der Waals surface area contributed by atoms with Crippen LogP contribution in [0.4, 0.5) is 22.0 Å². The van der Waals surface area contributed by atoms with Crippen LogP contribution in [-0.2, 0) is 17.6 Å². The molecule has 1 spiro atoms. The van der Waals surface area contributed by atoms with Crippen molar-refractivity contribution >= 4 is 5.97 Å². The molecule has 0 aromatic heterocycles. The van der Waals surface area contributed by atoms with Crippen molar-refractivity contribution in [3.8, 4) is 11.5 Å². The van der Waals surface area contributed by atoms with Gasteiger partial charge in [-0.1, -0.05) is 19.1 Å². The number of ether oxygens (including phenoxy) is 2. The van der Waals surface area contributed by atoms with Gasteiger partial charge in [0.25, 0.3) is 0 Å². The summed E-state index contributed by atoms with van der Waals surface area (Å²) >= 11 is 0. The molecule has 4 rings (SSSR count). The minimum Gasteiger partial charge on any atom is -0.484 e. The Kier molecular flexibility index (Phi) is 7.19. The molecule has 2 heterocycles. The van der Waals surface area contributed by atoms with Crippen LogP contribution in [0.25, 0.3) is 0 Å². The van der Waals surface area contributed by atoms with Gasteiger partial charge in [-0.05, 0) is 68.4 Å². The first-order valence-corrected chi connectivity index (χ1v) is 11.9. The Balaban J connectivity index is 1.48. The highest BCUT2D eigenvalue weighted by molar-refractivity contribution is 5.70. The van der Waals surface area contributed by atoms with Crippen molar-refractivity contribution in [2.45, 2.75) is 64.0 Å². The lowest BCUT2D eigenvalue weighted by Crippen LogP contribution is -2.50. The van der Waals surface area contributed by atoms with Crippen molar-refractivity contribution in [2.75, 3.05) is 13.1 Å². The van der Waals surface area contributed by atoms with Gasteiger partial charge in [-0.3, -0.25) is 9.69 Å². The SMILES string of the molecule is CC(c1cc(F)ccc1OC(F)(F)F)N1CCC2(CCc3ccc(C[C@H](C)C(=O)O)c(F)c3O2)CC1. The summed E-state index contributed by atoms with van der Waals surface area (Å²) in [4.78, 5) is 13.1. The van der Waals surface area contributed by atoms with Gasteiger partial charge in [0.1, 0.15) is 17.2 Å². The standard InChI is InChI=1S/C26H28F5NO4/c1-15(24(33)34)13-18-4-3-17-7-8-25(36-23(17)22(18)28)9-11-32(12-10-25)16(2)20-14-19(27)5-6-21(20)35-26(29,30)31/h3-6,14-16H,7-13H2,1-2H3,(H,33,34)/t15-,16?/m0/s1. The van der Waals surface area contributed by atoms with Crippen molar-refractivity contribution < 1.29 is 41.3 Å². The lowest BCUT2D eigenvalue weighted by molar-refractivity contribution is -0.275. The molecule has 1 fully saturated rings. The molecule has 1 N–H and O–H groups in total. The molecule has 36 heavy (non-hydrogen) atoms. The van der Waals surface area contributed by atoms with E-state index in [1.165, 1.54) is 6.92 Å². The van der Waals surface area contributed by atoms with Crippen molar-refractivity contribution in [2.24, 2.45) is 5.92 Å². The number of carboxylic acids is 1. The summed E-state index contributed by atoms with van der Waals surface area (Å²) in [5.41, 5.74) is 0.486. The third-order valence-electron chi connectivity index (χ3n) is 7.28. The van der Waals surface area contributed by atoms with Gasteiger partial charge in [0.05, 0.1) is 5.92 Å². The first-order valence-electron chi connectivity index (χ1n) is 11.9. The third-order valence-corrected chi connectivity index (χ3v) is 7.28. The van der Waals surface area contributed by atoms with Crippen LogP contribution >= 0.6 is 0 Å². The Morgan fingerprint density at radius 2 is 1.83 bits per heavy atom. The number of aliphatic carboxylic acids is 1. The van der Waals surface area contributed by atoms with E-state index in [1.54, 1.807) is 19.1 Å². The van der Waals surface area contributed by atoms with E-state index in [4.69, 9.17) is 9.84 Å². The summed E-state index contributed by atoms with van der Waals surface area (Å²) < 4.78 is 78.1. The number of carbonyl (C=O) groups is 1. The molecule has 2 atom stereocenters. The van der Waals surface area contributed by atoms with Crippen molar-refractivity contribution in [3.63, 3.8) is 0 Å². The number of hydrogen-bond donors (Lipinski definition) is 1. The Labute approximate surface area is 205 Å². The Bertz CT molecular complexity index is 1130. The fraction of sp³-hybridized carbons (Fsp3) is 0.500. The Morgan fingerprint density at radius 3 is 2.47 bits per heavy atom. The molecule has 0 amide bonds. The van der Waals surface area contributed by atoms with Crippen LogP contribution in [0.3, 0.4) is 0 Å². The Morgan fingerprint density at radius 1 is 1.14 bits per heavy atom. The van der Waals surface area contributed by atoms with Gasteiger partial charge in [0, 0.05) is 24.7 Å². The van der Waals surface area contributed by atoms with E-state index in [-0.39, 0.29) is 23.3 Å². The van der Waals surface area contributed by atoms with Gasteiger partial charge in [0.15, 0.2) is 11.6 Å². The second-order valence-corrected chi connectivity index (χ2v) is 9.70. The van der Waals surface area contributed by atoms with Crippen molar-refractivity contribution in [3.05, 3.63) is 58.7 Å². The maximum atomic E-state index is 15.3. The van der Waals surface area contributed by atoms with Crippen LogP contribution in [-0.4, -0.2) is 41.0 Å². The van der Waals surface area contributed by atoms with Gasteiger partial charge >= 0.3 is 12.3 Å². The number of benzene rings is 2. The molecular formula is C26H28F5NO4. The number of carboxylic acid groups (broad SMARTS) is 1. The number of halogens is 5. The van der Waals surface area contributed by atoms with E-state index in [0.717, 1.165) is 23.8 Å². The van der Waals surface area contributed by atoms with E-state index in [2.05, 4.69) is 4.74 Å². The van der Waals surface area contributed by atoms with Crippen LogP contribution in [0.2, 0.25) is 0 Å². The number of alkyl halides is 3. The lowest BCUT2D eigenvalue weighted by atomic mass is 9.82. The monoisotopic (exact) mass is 513 g/mol. The predicted octanol–water partition coefficient (Wildman–Crippen LogP) is 6.05. The molecule has 10 heteroatoms. The average Bonchev–Trinajstić information content (AvgIpc) is 2.81. The second kappa shape index (κ2) is 9.88. The fourth-order valence-electron chi connectivity index (χ4n) is 5.08. The molecule has 1 saturated heterocycles. The van der Waals surface area contributed by atoms with Crippen LogP contribution in [0.15, 0.2) is 30.3 Å². The average molecular weight is 514 g/mol. The smallest absolute Gasteiger partial charge is 0.484 e. The van der Waals surface area contributed by atoms with Crippen LogP contribution in [0.5, 0.6) is 11.5 Å². The second-order valence-electron chi connectivity index (χ2n) is 9.70.